The lowest BCUT2D eigenvalue weighted by atomic mass is 10.2. The Hall–Kier alpha value is -2.84. The monoisotopic (exact) mass is 381 g/mol. The molecule has 0 saturated heterocycles. The van der Waals surface area contributed by atoms with E-state index in [9.17, 15) is 14.0 Å². The third-order valence-corrected chi connectivity index (χ3v) is 3.06. The largest absolute Gasteiger partial charge is 0.444 e. The number of carbonyl (C=O) groups excluding carboxylic acids is 2. The Morgan fingerprint density at radius 2 is 1.85 bits per heavy atom. The van der Waals surface area contributed by atoms with Crippen LogP contribution in [-0.2, 0) is 9.53 Å². The van der Waals surface area contributed by atoms with E-state index in [1.165, 1.54) is 18.2 Å². The van der Waals surface area contributed by atoms with Crippen LogP contribution >= 0.6 is 0 Å². The van der Waals surface area contributed by atoms with Gasteiger partial charge in [0.2, 0.25) is 5.91 Å². The molecule has 0 heterocycles. The highest BCUT2D eigenvalue weighted by Crippen LogP contribution is 2.08. The van der Waals surface area contributed by atoms with Crippen molar-refractivity contribution >= 4 is 23.6 Å². The molecule has 0 saturated carbocycles. The zero-order chi connectivity index (χ0) is 20.3. The van der Waals surface area contributed by atoms with Gasteiger partial charge in [-0.05, 0) is 45.4 Å². The first-order chi connectivity index (χ1) is 12.7. The van der Waals surface area contributed by atoms with Crippen molar-refractivity contribution in [1.82, 2.24) is 16.0 Å². The molecule has 0 bridgehead atoms. The molecule has 4 N–H and O–H groups in total. The first-order valence-corrected chi connectivity index (χ1v) is 8.66. The first kappa shape index (κ1) is 22.2. The lowest BCUT2D eigenvalue weighted by molar-refractivity contribution is -0.115. The summed E-state index contributed by atoms with van der Waals surface area (Å²) in [5.74, 6) is -0.296. The van der Waals surface area contributed by atoms with Gasteiger partial charge in [-0.15, -0.1) is 0 Å². The van der Waals surface area contributed by atoms with Gasteiger partial charge in [-0.3, -0.25) is 9.79 Å². The van der Waals surface area contributed by atoms with Crippen LogP contribution in [0.3, 0.4) is 0 Å². The number of carbonyl (C=O) groups is 2. The molecule has 0 aliphatic carbocycles. The van der Waals surface area contributed by atoms with Gasteiger partial charge < -0.3 is 26.0 Å². The average molecular weight is 381 g/mol. The third-order valence-electron chi connectivity index (χ3n) is 3.06. The maximum Gasteiger partial charge on any atom is 0.407 e. The number of halogens is 1. The minimum atomic E-state index is -0.527. The number of anilines is 1. The van der Waals surface area contributed by atoms with E-state index < -0.39 is 17.5 Å². The first-order valence-electron chi connectivity index (χ1n) is 8.66. The molecule has 0 fully saturated rings. The van der Waals surface area contributed by atoms with Crippen LogP contribution in [0.2, 0.25) is 0 Å². The zero-order valence-corrected chi connectivity index (χ0v) is 16.2. The SMILES string of the molecule is CN=C(NCCCNC(=O)OC(C)(C)C)NCC(=O)Nc1cccc(F)c1. The van der Waals surface area contributed by atoms with Gasteiger partial charge in [-0.2, -0.15) is 0 Å². The molecule has 9 heteroatoms. The van der Waals surface area contributed by atoms with Gasteiger partial charge in [-0.25, -0.2) is 9.18 Å². The summed E-state index contributed by atoms with van der Waals surface area (Å²) in [5, 5.41) is 11.1. The van der Waals surface area contributed by atoms with Crippen LogP contribution in [0.5, 0.6) is 0 Å². The summed E-state index contributed by atoms with van der Waals surface area (Å²) in [6.45, 7) is 6.36. The van der Waals surface area contributed by atoms with Gasteiger partial charge in [-0.1, -0.05) is 6.07 Å². The topological polar surface area (TPSA) is 104 Å². The number of benzene rings is 1. The van der Waals surface area contributed by atoms with Crippen LogP contribution in [-0.4, -0.2) is 50.2 Å². The second kappa shape index (κ2) is 11.0. The molecule has 1 aromatic rings. The van der Waals surface area contributed by atoms with E-state index in [0.29, 0.717) is 31.2 Å². The van der Waals surface area contributed by atoms with Crippen LogP contribution in [0.15, 0.2) is 29.3 Å². The predicted molar refractivity (Wildman–Crippen MR) is 103 cm³/mol. The van der Waals surface area contributed by atoms with E-state index in [1.54, 1.807) is 33.9 Å². The second-order valence-corrected chi connectivity index (χ2v) is 6.69. The molecule has 27 heavy (non-hydrogen) atoms. The molecule has 0 radical (unpaired) electrons. The van der Waals surface area contributed by atoms with Gasteiger partial charge >= 0.3 is 6.09 Å². The number of hydrogen-bond donors (Lipinski definition) is 4. The fraction of sp³-hybridized carbons (Fsp3) is 0.500. The standard InChI is InChI=1S/C18H28FN5O3/c1-18(2,3)27-17(26)22-10-6-9-21-16(20-4)23-12-15(25)24-14-8-5-7-13(19)11-14/h5,7-8,11H,6,9-10,12H2,1-4H3,(H,22,26)(H,24,25)(H2,20,21,23). The summed E-state index contributed by atoms with van der Waals surface area (Å²) in [6.07, 6.45) is 0.189. The van der Waals surface area contributed by atoms with Crippen molar-refractivity contribution in [2.24, 2.45) is 4.99 Å². The number of aliphatic imine (C=N–C) groups is 1. The zero-order valence-electron chi connectivity index (χ0n) is 16.2. The number of ether oxygens (including phenoxy) is 1. The second-order valence-electron chi connectivity index (χ2n) is 6.69. The Morgan fingerprint density at radius 3 is 2.48 bits per heavy atom. The Morgan fingerprint density at radius 1 is 1.15 bits per heavy atom. The van der Waals surface area contributed by atoms with Gasteiger partial charge in [0.25, 0.3) is 0 Å². The van der Waals surface area contributed by atoms with Gasteiger partial charge in [0.1, 0.15) is 11.4 Å². The summed E-state index contributed by atoms with van der Waals surface area (Å²) in [6, 6.07) is 5.66. The molecular formula is C18H28FN5O3. The lowest BCUT2D eigenvalue weighted by Crippen LogP contribution is -2.42. The summed E-state index contributed by atoms with van der Waals surface area (Å²) in [5.41, 5.74) is -0.140. The van der Waals surface area contributed by atoms with Gasteiger partial charge in [0, 0.05) is 25.8 Å². The Kier molecular flexibility index (Phi) is 9.04. The molecule has 0 spiro atoms. The highest BCUT2D eigenvalue weighted by Gasteiger charge is 2.15. The molecule has 150 valence electrons. The van der Waals surface area contributed by atoms with Crippen molar-refractivity contribution in [3.8, 4) is 0 Å². The van der Waals surface area contributed by atoms with Crippen molar-refractivity contribution in [1.29, 1.82) is 0 Å². The molecule has 0 unspecified atom stereocenters. The summed E-state index contributed by atoms with van der Waals surface area (Å²) < 4.78 is 18.2. The highest BCUT2D eigenvalue weighted by atomic mass is 19.1. The van der Waals surface area contributed by atoms with Crippen LogP contribution in [0.1, 0.15) is 27.2 Å². The summed E-state index contributed by atoms with van der Waals surface area (Å²) >= 11 is 0. The molecule has 1 aromatic carbocycles. The quantitative estimate of drug-likeness (QED) is 0.328. The van der Waals surface area contributed by atoms with Gasteiger partial charge in [0.15, 0.2) is 5.96 Å². The van der Waals surface area contributed by atoms with E-state index in [-0.39, 0.29) is 12.5 Å². The van der Waals surface area contributed by atoms with Crippen molar-refractivity contribution in [3.05, 3.63) is 30.1 Å². The van der Waals surface area contributed by atoms with Crippen molar-refractivity contribution in [2.75, 3.05) is 32.0 Å². The Labute approximate surface area is 159 Å². The fourth-order valence-electron chi connectivity index (χ4n) is 1.96. The Bertz CT molecular complexity index is 659. The van der Waals surface area contributed by atoms with E-state index in [2.05, 4.69) is 26.3 Å². The number of nitrogens with zero attached hydrogens (tertiary/aromatic N) is 1. The smallest absolute Gasteiger partial charge is 0.407 e. The molecule has 1 rings (SSSR count). The van der Waals surface area contributed by atoms with Crippen LogP contribution < -0.4 is 21.3 Å². The molecule has 0 atom stereocenters. The summed E-state index contributed by atoms with van der Waals surface area (Å²) in [4.78, 5) is 27.4. The van der Waals surface area contributed by atoms with Crippen LogP contribution in [0, 0.1) is 5.82 Å². The minimum Gasteiger partial charge on any atom is -0.444 e. The number of hydrogen-bond acceptors (Lipinski definition) is 4. The number of nitrogens with one attached hydrogen (secondary N) is 4. The predicted octanol–water partition coefficient (Wildman–Crippen LogP) is 1.84. The van der Waals surface area contributed by atoms with E-state index in [0.717, 1.165) is 0 Å². The number of amides is 2. The average Bonchev–Trinajstić information content (AvgIpc) is 2.55. The normalized spacial score (nSPS) is 11.5. The Balaban J connectivity index is 2.21. The van der Waals surface area contributed by atoms with E-state index in [4.69, 9.17) is 4.74 Å². The molecule has 0 aromatic heterocycles. The fourth-order valence-corrected chi connectivity index (χ4v) is 1.96. The van der Waals surface area contributed by atoms with E-state index >= 15 is 0 Å². The number of rotatable bonds is 7. The van der Waals surface area contributed by atoms with Gasteiger partial charge in [0.05, 0.1) is 6.54 Å². The van der Waals surface area contributed by atoms with E-state index in [1.807, 2.05) is 0 Å². The number of guanidine groups is 1. The van der Waals surface area contributed by atoms with Crippen molar-refractivity contribution in [3.63, 3.8) is 0 Å². The maximum atomic E-state index is 13.1. The molecular weight excluding hydrogens is 353 g/mol. The molecule has 0 aliphatic heterocycles. The number of alkyl carbamates (subject to hydrolysis) is 1. The molecule has 8 nitrogen and oxygen atoms in total. The van der Waals surface area contributed by atoms with Crippen molar-refractivity contribution < 1.29 is 18.7 Å². The third kappa shape index (κ3) is 10.7. The summed E-state index contributed by atoms with van der Waals surface area (Å²) in [7, 11) is 1.58. The molecule has 2 amide bonds. The minimum absolute atomic E-state index is 0.0215. The maximum absolute atomic E-state index is 13.1. The van der Waals surface area contributed by atoms with Crippen LogP contribution in [0.25, 0.3) is 0 Å². The highest BCUT2D eigenvalue weighted by molar-refractivity contribution is 5.94. The lowest BCUT2D eigenvalue weighted by Gasteiger charge is -2.19. The van der Waals surface area contributed by atoms with Crippen LogP contribution in [0.4, 0.5) is 14.9 Å². The molecule has 0 aliphatic rings. The van der Waals surface area contributed by atoms with Crippen molar-refractivity contribution in [2.45, 2.75) is 32.8 Å².